The summed E-state index contributed by atoms with van der Waals surface area (Å²) >= 11 is 6.21. The Balaban J connectivity index is 2.48. The van der Waals surface area contributed by atoms with Gasteiger partial charge < -0.3 is 5.21 Å². The van der Waals surface area contributed by atoms with Gasteiger partial charge in [-0.2, -0.15) is 4.73 Å². The van der Waals surface area contributed by atoms with Gasteiger partial charge in [0.15, 0.2) is 5.69 Å². The molecule has 1 aromatic carbocycles. The molecule has 16 heavy (non-hydrogen) atoms. The number of rotatable bonds is 0. The Morgan fingerprint density at radius 1 is 1.31 bits per heavy atom. The SMILES string of the molecule is [O-][n+]1c2c(c(Cl)c3cc(F)ccc31)CCC2. The van der Waals surface area contributed by atoms with Gasteiger partial charge in [-0.15, -0.1) is 0 Å². The number of hydrogen-bond acceptors (Lipinski definition) is 1. The molecule has 0 fully saturated rings. The van der Waals surface area contributed by atoms with Crippen LogP contribution in [0.1, 0.15) is 17.7 Å². The monoisotopic (exact) mass is 237 g/mol. The van der Waals surface area contributed by atoms with Gasteiger partial charge in [0.05, 0.1) is 10.4 Å². The van der Waals surface area contributed by atoms with Crippen LogP contribution in [0.25, 0.3) is 10.9 Å². The van der Waals surface area contributed by atoms with Gasteiger partial charge in [0.1, 0.15) is 5.82 Å². The third kappa shape index (κ3) is 1.21. The molecule has 0 spiro atoms. The first kappa shape index (κ1) is 9.85. The third-order valence-electron chi connectivity index (χ3n) is 3.11. The van der Waals surface area contributed by atoms with Gasteiger partial charge in [0.25, 0.3) is 0 Å². The second kappa shape index (κ2) is 3.32. The number of pyridine rings is 1. The zero-order valence-electron chi connectivity index (χ0n) is 8.46. The molecule has 0 unspecified atom stereocenters. The molecule has 1 aliphatic carbocycles. The molecule has 0 saturated carbocycles. The maximum absolute atomic E-state index is 13.1. The van der Waals surface area contributed by atoms with Gasteiger partial charge in [0, 0.05) is 18.1 Å². The van der Waals surface area contributed by atoms with Crippen molar-refractivity contribution in [1.82, 2.24) is 0 Å². The van der Waals surface area contributed by atoms with Crippen LogP contribution in [-0.2, 0) is 12.8 Å². The average molecular weight is 238 g/mol. The minimum atomic E-state index is -0.368. The first-order valence-electron chi connectivity index (χ1n) is 5.20. The molecule has 2 aromatic rings. The Hall–Kier alpha value is -1.35. The summed E-state index contributed by atoms with van der Waals surface area (Å²) in [7, 11) is 0. The van der Waals surface area contributed by atoms with Crippen molar-refractivity contribution >= 4 is 22.5 Å². The van der Waals surface area contributed by atoms with Crippen molar-refractivity contribution in [2.75, 3.05) is 0 Å². The Labute approximate surface area is 96.8 Å². The molecule has 0 radical (unpaired) electrons. The van der Waals surface area contributed by atoms with E-state index in [-0.39, 0.29) is 5.82 Å². The molecule has 0 N–H and O–H groups in total. The maximum Gasteiger partial charge on any atom is 0.225 e. The third-order valence-corrected chi connectivity index (χ3v) is 3.54. The summed E-state index contributed by atoms with van der Waals surface area (Å²) in [4.78, 5) is 0. The molecular formula is C12H9ClFNO. The highest BCUT2D eigenvalue weighted by Gasteiger charge is 2.26. The Kier molecular flexibility index (Phi) is 2.04. The summed E-state index contributed by atoms with van der Waals surface area (Å²) < 4.78 is 14.0. The van der Waals surface area contributed by atoms with Crippen LogP contribution in [0.15, 0.2) is 18.2 Å². The molecular weight excluding hydrogens is 229 g/mol. The van der Waals surface area contributed by atoms with Gasteiger partial charge in [-0.3, -0.25) is 0 Å². The first-order valence-corrected chi connectivity index (χ1v) is 5.58. The lowest BCUT2D eigenvalue weighted by atomic mass is 10.1. The van der Waals surface area contributed by atoms with Gasteiger partial charge >= 0.3 is 0 Å². The Morgan fingerprint density at radius 3 is 2.94 bits per heavy atom. The van der Waals surface area contributed by atoms with E-state index in [0.717, 1.165) is 35.3 Å². The van der Waals surface area contributed by atoms with E-state index in [0.29, 0.717) is 15.9 Å². The fourth-order valence-corrected chi connectivity index (χ4v) is 2.71. The standard InChI is InChI=1S/C12H9ClFNO/c13-12-8-2-1-3-10(8)15(16)11-5-4-7(14)6-9(11)12/h4-6H,1-3H2. The second-order valence-electron chi connectivity index (χ2n) is 4.05. The number of benzene rings is 1. The lowest BCUT2D eigenvalue weighted by Gasteiger charge is -2.09. The van der Waals surface area contributed by atoms with Crippen molar-refractivity contribution in [2.45, 2.75) is 19.3 Å². The Morgan fingerprint density at radius 2 is 2.12 bits per heavy atom. The van der Waals surface area contributed by atoms with Crippen LogP contribution in [0.2, 0.25) is 5.02 Å². The van der Waals surface area contributed by atoms with Gasteiger partial charge in [-0.1, -0.05) is 11.6 Å². The van der Waals surface area contributed by atoms with Crippen molar-refractivity contribution in [3.05, 3.63) is 45.5 Å². The minimum absolute atomic E-state index is 0.368. The number of fused-ring (bicyclic) bond motifs is 2. The highest BCUT2D eigenvalue weighted by Crippen LogP contribution is 2.32. The van der Waals surface area contributed by atoms with Crippen LogP contribution in [0.3, 0.4) is 0 Å². The molecule has 1 aromatic heterocycles. The molecule has 0 bridgehead atoms. The molecule has 4 heteroatoms. The molecule has 82 valence electrons. The van der Waals surface area contributed by atoms with E-state index in [1.54, 1.807) is 0 Å². The van der Waals surface area contributed by atoms with Crippen LogP contribution >= 0.6 is 11.6 Å². The quantitative estimate of drug-likeness (QED) is 0.511. The maximum atomic E-state index is 13.1. The van der Waals surface area contributed by atoms with Gasteiger partial charge in [-0.05, 0) is 25.0 Å². The van der Waals surface area contributed by atoms with E-state index in [1.165, 1.54) is 18.2 Å². The van der Waals surface area contributed by atoms with Crippen molar-refractivity contribution in [3.8, 4) is 0 Å². The summed E-state index contributed by atoms with van der Waals surface area (Å²) in [6.45, 7) is 0. The summed E-state index contributed by atoms with van der Waals surface area (Å²) in [5, 5.41) is 13.1. The molecule has 0 saturated heterocycles. The average Bonchev–Trinajstić information content (AvgIpc) is 2.75. The van der Waals surface area contributed by atoms with Crippen LogP contribution in [-0.4, -0.2) is 0 Å². The number of hydrogen-bond donors (Lipinski definition) is 0. The number of aromatic nitrogens is 1. The van der Waals surface area contributed by atoms with Crippen LogP contribution in [0, 0.1) is 11.0 Å². The van der Waals surface area contributed by atoms with Gasteiger partial charge in [-0.25, -0.2) is 4.39 Å². The van der Waals surface area contributed by atoms with Crippen molar-refractivity contribution in [1.29, 1.82) is 0 Å². The lowest BCUT2D eigenvalue weighted by Crippen LogP contribution is -2.33. The molecule has 0 amide bonds. The molecule has 2 nitrogen and oxygen atoms in total. The predicted octanol–water partition coefficient (Wildman–Crippen LogP) is 2.75. The van der Waals surface area contributed by atoms with Gasteiger partial charge in [0.2, 0.25) is 5.52 Å². The largest absolute Gasteiger partial charge is 0.618 e. The Bertz CT molecular complexity index is 597. The molecule has 1 aliphatic rings. The summed E-state index contributed by atoms with van der Waals surface area (Å²) in [6.07, 6.45) is 2.50. The molecule has 0 aliphatic heterocycles. The molecule has 0 atom stereocenters. The van der Waals surface area contributed by atoms with E-state index >= 15 is 0 Å². The highest BCUT2D eigenvalue weighted by molar-refractivity contribution is 6.36. The minimum Gasteiger partial charge on any atom is -0.618 e. The summed E-state index contributed by atoms with van der Waals surface area (Å²) in [5.74, 6) is -0.368. The van der Waals surface area contributed by atoms with Crippen molar-refractivity contribution in [3.63, 3.8) is 0 Å². The summed E-state index contributed by atoms with van der Waals surface area (Å²) in [5.41, 5.74) is 2.07. The number of nitrogens with zero attached hydrogens (tertiary/aromatic N) is 1. The molecule has 3 rings (SSSR count). The topological polar surface area (TPSA) is 26.9 Å². The highest BCUT2D eigenvalue weighted by atomic mass is 35.5. The fourth-order valence-electron chi connectivity index (χ4n) is 2.36. The van der Waals surface area contributed by atoms with E-state index in [2.05, 4.69) is 0 Å². The van der Waals surface area contributed by atoms with E-state index in [4.69, 9.17) is 11.6 Å². The van der Waals surface area contributed by atoms with E-state index in [1.807, 2.05) is 0 Å². The van der Waals surface area contributed by atoms with E-state index < -0.39 is 0 Å². The van der Waals surface area contributed by atoms with Crippen molar-refractivity contribution in [2.24, 2.45) is 0 Å². The van der Waals surface area contributed by atoms with Crippen LogP contribution in [0.4, 0.5) is 4.39 Å². The zero-order chi connectivity index (χ0) is 11.3. The van der Waals surface area contributed by atoms with E-state index in [9.17, 15) is 9.60 Å². The number of halogens is 2. The second-order valence-corrected chi connectivity index (χ2v) is 4.43. The van der Waals surface area contributed by atoms with Crippen molar-refractivity contribution < 1.29 is 9.12 Å². The lowest BCUT2D eigenvalue weighted by molar-refractivity contribution is -0.585. The first-order chi connectivity index (χ1) is 7.68. The molecule has 1 heterocycles. The smallest absolute Gasteiger partial charge is 0.225 e. The normalized spacial score (nSPS) is 14.4. The predicted molar refractivity (Wildman–Crippen MR) is 59.9 cm³/mol. The van der Waals surface area contributed by atoms with Crippen LogP contribution in [0.5, 0.6) is 0 Å². The summed E-state index contributed by atoms with van der Waals surface area (Å²) in [6, 6.07) is 4.10. The van der Waals surface area contributed by atoms with Crippen LogP contribution < -0.4 is 4.73 Å². The fraction of sp³-hybridized carbons (Fsp3) is 0.250. The zero-order valence-corrected chi connectivity index (χ0v) is 9.22.